The molecule has 0 saturated carbocycles. The average Bonchev–Trinajstić information content (AvgIpc) is 2.78. The summed E-state index contributed by atoms with van der Waals surface area (Å²) in [7, 11) is 4.65. The predicted molar refractivity (Wildman–Crippen MR) is 116 cm³/mol. The minimum atomic E-state index is -0.396. The summed E-state index contributed by atoms with van der Waals surface area (Å²) in [6, 6.07) is 9.34. The lowest BCUT2D eigenvalue weighted by Crippen LogP contribution is -2.53. The fraction of sp³-hybridized carbons (Fsp3) is 0.458. The fourth-order valence-corrected chi connectivity index (χ4v) is 4.36. The molecular formula is C24H30N2O5. The number of carbonyl (C=O) groups excluding carboxylic acids is 3. The molecule has 2 unspecified atom stereocenters. The number of hydrogen-bond donors (Lipinski definition) is 1. The zero-order valence-electron chi connectivity index (χ0n) is 18.6. The standard InChI is InChI=1S/C24H30N2O5/c1-15-20(22(29)24(31-4)23(30-3)21(15)28)17(16-8-6-5-7-9-16)10-11-19(27)18-14-25-12-13-26(18)2/h5-9,17-18,25H,10-14H2,1-4H3. The molecule has 1 heterocycles. The van der Waals surface area contributed by atoms with Crippen LogP contribution in [0.2, 0.25) is 0 Å². The van der Waals surface area contributed by atoms with Crippen LogP contribution in [0.4, 0.5) is 0 Å². The molecule has 0 spiro atoms. The number of carbonyl (C=O) groups is 3. The summed E-state index contributed by atoms with van der Waals surface area (Å²) in [5.41, 5.74) is 1.59. The molecule has 2 atom stereocenters. The number of benzene rings is 1. The highest BCUT2D eigenvalue weighted by Crippen LogP contribution is 2.38. The van der Waals surface area contributed by atoms with Gasteiger partial charge in [-0.1, -0.05) is 30.3 Å². The monoisotopic (exact) mass is 426 g/mol. The fourth-order valence-electron chi connectivity index (χ4n) is 4.36. The van der Waals surface area contributed by atoms with Crippen molar-refractivity contribution in [3.05, 3.63) is 58.6 Å². The van der Waals surface area contributed by atoms with Crippen molar-refractivity contribution in [3.8, 4) is 0 Å². The first-order chi connectivity index (χ1) is 14.9. The van der Waals surface area contributed by atoms with Crippen molar-refractivity contribution >= 4 is 17.3 Å². The van der Waals surface area contributed by atoms with E-state index in [1.54, 1.807) is 6.92 Å². The average molecular weight is 427 g/mol. The van der Waals surface area contributed by atoms with Gasteiger partial charge < -0.3 is 14.8 Å². The van der Waals surface area contributed by atoms with E-state index in [2.05, 4.69) is 10.2 Å². The van der Waals surface area contributed by atoms with E-state index in [0.29, 0.717) is 30.5 Å². The number of nitrogens with one attached hydrogen (secondary N) is 1. The van der Waals surface area contributed by atoms with E-state index in [4.69, 9.17) is 9.47 Å². The number of methoxy groups -OCH3 is 2. The summed E-state index contributed by atoms with van der Waals surface area (Å²) >= 11 is 0. The normalized spacial score (nSPS) is 21.4. The lowest BCUT2D eigenvalue weighted by atomic mass is 9.78. The lowest BCUT2D eigenvalue weighted by Gasteiger charge is -2.32. The van der Waals surface area contributed by atoms with E-state index < -0.39 is 5.92 Å². The maximum absolute atomic E-state index is 13.3. The van der Waals surface area contributed by atoms with Crippen molar-refractivity contribution in [1.29, 1.82) is 0 Å². The van der Waals surface area contributed by atoms with Gasteiger partial charge in [-0.15, -0.1) is 0 Å². The highest BCUT2D eigenvalue weighted by molar-refractivity contribution is 6.24. The van der Waals surface area contributed by atoms with Crippen LogP contribution in [-0.2, 0) is 23.9 Å². The van der Waals surface area contributed by atoms with E-state index in [0.717, 1.165) is 18.7 Å². The van der Waals surface area contributed by atoms with Crippen LogP contribution in [0.15, 0.2) is 53.0 Å². The molecule has 1 fully saturated rings. The van der Waals surface area contributed by atoms with Gasteiger partial charge in [-0.2, -0.15) is 0 Å². The van der Waals surface area contributed by atoms with E-state index in [9.17, 15) is 14.4 Å². The van der Waals surface area contributed by atoms with Gasteiger partial charge in [0.1, 0.15) is 0 Å². The van der Waals surface area contributed by atoms with Gasteiger partial charge in [0.05, 0.1) is 20.3 Å². The van der Waals surface area contributed by atoms with Crippen molar-refractivity contribution in [1.82, 2.24) is 10.2 Å². The molecule has 1 aromatic rings. The van der Waals surface area contributed by atoms with Crippen LogP contribution in [0.25, 0.3) is 0 Å². The molecule has 0 radical (unpaired) electrons. The molecule has 0 aromatic heterocycles. The number of Topliss-reactive ketones (excluding diaryl/α,β-unsaturated/α-hetero) is 3. The maximum atomic E-state index is 13.3. The minimum Gasteiger partial charge on any atom is -0.489 e. The van der Waals surface area contributed by atoms with Crippen LogP contribution in [0.5, 0.6) is 0 Å². The first-order valence-electron chi connectivity index (χ1n) is 10.5. The molecule has 0 amide bonds. The number of ether oxygens (including phenoxy) is 2. The molecule has 166 valence electrons. The van der Waals surface area contributed by atoms with E-state index in [1.807, 2.05) is 37.4 Å². The Bertz CT molecular complexity index is 919. The van der Waals surface area contributed by atoms with Gasteiger partial charge in [0.25, 0.3) is 0 Å². The molecule has 1 aliphatic carbocycles. The first-order valence-corrected chi connectivity index (χ1v) is 10.5. The smallest absolute Gasteiger partial charge is 0.228 e. The van der Waals surface area contributed by atoms with Crippen LogP contribution < -0.4 is 5.32 Å². The third-order valence-corrected chi connectivity index (χ3v) is 6.13. The Morgan fingerprint density at radius 2 is 1.77 bits per heavy atom. The third-order valence-electron chi connectivity index (χ3n) is 6.13. The predicted octanol–water partition coefficient (Wildman–Crippen LogP) is 2.00. The van der Waals surface area contributed by atoms with Gasteiger partial charge in [0.2, 0.25) is 23.1 Å². The summed E-state index contributed by atoms with van der Waals surface area (Å²) in [5.74, 6) is -1.16. The molecule has 1 aromatic carbocycles. The number of allylic oxidation sites excluding steroid dienone is 2. The van der Waals surface area contributed by atoms with Gasteiger partial charge in [0.15, 0.2) is 5.78 Å². The number of piperazine rings is 1. The number of likely N-dealkylation sites (N-methyl/N-ethyl adjacent to an activating group) is 1. The number of nitrogens with zero attached hydrogens (tertiary/aromatic N) is 1. The highest BCUT2D eigenvalue weighted by Gasteiger charge is 2.39. The van der Waals surface area contributed by atoms with Crippen LogP contribution in [0, 0.1) is 0 Å². The number of ketones is 3. The number of rotatable bonds is 8. The first kappa shape index (κ1) is 22.9. The van der Waals surface area contributed by atoms with Gasteiger partial charge in [-0.3, -0.25) is 19.3 Å². The van der Waals surface area contributed by atoms with Gasteiger partial charge in [0, 0.05) is 43.1 Å². The molecule has 1 aliphatic heterocycles. The van der Waals surface area contributed by atoms with Crippen molar-refractivity contribution < 1.29 is 23.9 Å². The SMILES string of the molecule is COC1=C(OC)C(=O)C(C(CCC(=O)C2CNCCN2C)c2ccccc2)=C(C)C1=O. The second-order valence-electron chi connectivity index (χ2n) is 7.93. The Morgan fingerprint density at radius 1 is 1.13 bits per heavy atom. The zero-order valence-corrected chi connectivity index (χ0v) is 18.6. The highest BCUT2D eigenvalue weighted by atomic mass is 16.5. The Kier molecular flexibility index (Phi) is 7.41. The van der Waals surface area contributed by atoms with Crippen molar-refractivity contribution in [2.45, 2.75) is 31.7 Å². The van der Waals surface area contributed by atoms with E-state index in [-0.39, 0.29) is 34.9 Å². The summed E-state index contributed by atoms with van der Waals surface area (Å²) in [6.07, 6.45) is 0.732. The molecule has 0 bridgehead atoms. The third kappa shape index (κ3) is 4.62. The molecule has 1 saturated heterocycles. The summed E-state index contributed by atoms with van der Waals surface area (Å²) in [6.45, 7) is 3.94. The van der Waals surface area contributed by atoms with Crippen molar-refractivity contribution in [2.24, 2.45) is 0 Å². The van der Waals surface area contributed by atoms with Gasteiger partial charge in [-0.05, 0) is 26.0 Å². The topological polar surface area (TPSA) is 84.9 Å². The van der Waals surface area contributed by atoms with Gasteiger partial charge >= 0.3 is 0 Å². The molecule has 7 heteroatoms. The van der Waals surface area contributed by atoms with Crippen LogP contribution in [-0.4, -0.2) is 69.2 Å². The second kappa shape index (κ2) is 10.0. The molecule has 3 rings (SSSR count). The molecule has 2 aliphatic rings. The Balaban J connectivity index is 1.93. The largest absolute Gasteiger partial charge is 0.489 e. The summed E-state index contributed by atoms with van der Waals surface area (Å²) < 4.78 is 10.4. The maximum Gasteiger partial charge on any atom is 0.228 e. The molecule has 7 nitrogen and oxygen atoms in total. The van der Waals surface area contributed by atoms with Gasteiger partial charge in [-0.25, -0.2) is 0 Å². The van der Waals surface area contributed by atoms with E-state index >= 15 is 0 Å². The second-order valence-corrected chi connectivity index (χ2v) is 7.93. The van der Waals surface area contributed by atoms with Crippen LogP contribution in [0.3, 0.4) is 0 Å². The van der Waals surface area contributed by atoms with Crippen molar-refractivity contribution in [2.75, 3.05) is 40.9 Å². The lowest BCUT2D eigenvalue weighted by molar-refractivity contribution is -0.124. The summed E-state index contributed by atoms with van der Waals surface area (Å²) in [5, 5.41) is 3.27. The Morgan fingerprint density at radius 3 is 2.39 bits per heavy atom. The molecular weight excluding hydrogens is 396 g/mol. The quantitative estimate of drug-likeness (QED) is 0.637. The minimum absolute atomic E-state index is 0.0773. The van der Waals surface area contributed by atoms with Crippen LogP contribution in [0.1, 0.15) is 31.2 Å². The Labute approximate surface area is 183 Å². The Hall–Kier alpha value is -2.77. The van der Waals surface area contributed by atoms with E-state index in [1.165, 1.54) is 14.2 Å². The number of hydrogen-bond acceptors (Lipinski definition) is 7. The zero-order chi connectivity index (χ0) is 22.5. The molecule has 1 N–H and O–H groups in total. The molecule has 31 heavy (non-hydrogen) atoms. The summed E-state index contributed by atoms with van der Waals surface area (Å²) in [4.78, 5) is 41.2. The van der Waals surface area contributed by atoms with Crippen molar-refractivity contribution in [3.63, 3.8) is 0 Å². The van der Waals surface area contributed by atoms with Crippen LogP contribution >= 0.6 is 0 Å².